The Balaban J connectivity index is 1.46. The average molecular weight is 335 g/mol. The van der Waals surface area contributed by atoms with E-state index in [9.17, 15) is 4.79 Å². The molecule has 3 rings (SSSR count). The normalized spacial score (nSPS) is 18.3. The fourth-order valence-electron chi connectivity index (χ4n) is 2.61. The highest BCUT2D eigenvalue weighted by Crippen LogP contribution is 2.17. The lowest BCUT2D eigenvalue weighted by atomic mass is 9.99. The van der Waals surface area contributed by atoms with E-state index in [2.05, 4.69) is 30.4 Å². The van der Waals surface area contributed by atoms with Crippen molar-refractivity contribution in [3.63, 3.8) is 0 Å². The Kier molecular flexibility index (Phi) is 4.88. The van der Waals surface area contributed by atoms with Gasteiger partial charge < -0.3 is 15.2 Å². The van der Waals surface area contributed by atoms with Gasteiger partial charge in [-0.25, -0.2) is 4.98 Å². The van der Waals surface area contributed by atoms with Gasteiger partial charge in [-0.15, -0.1) is 10.2 Å². The highest BCUT2D eigenvalue weighted by Gasteiger charge is 2.21. The van der Waals surface area contributed by atoms with Crippen LogP contribution in [0.2, 0.25) is 5.02 Å². The molecule has 122 valence electrons. The molecule has 0 saturated carbocycles. The molecule has 0 saturated heterocycles. The largest absolute Gasteiger partial charge is 0.317 e. The number of aryl methyl sites for hydroxylation is 1. The number of pyridine rings is 1. The van der Waals surface area contributed by atoms with Crippen LogP contribution < -0.4 is 10.6 Å². The SMILES string of the molecule is CC(NCC1CCc2nncn2C1)C(=O)Nc1ccc(Cl)cn1. The topological polar surface area (TPSA) is 84.7 Å². The van der Waals surface area contributed by atoms with E-state index in [0.29, 0.717) is 16.8 Å². The molecule has 0 aromatic carbocycles. The van der Waals surface area contributed by atoms with Gasteiger partial charge in [0.15, 0.2) is 0 Å². The highest BCUT2D eigenvalue weighted by molar-refractivity contribution is 6.30. The minimum absolute atomic E-state index is 0.111. The Bertz CT molecular complexity index is 671. The van der Waals surface area contributed by atoms with Gasteiger partial charge in [0.05, 0.1) is 11.1 Å². The molecule has 2 unspecified atom stereocenters. The van der Waals surface area contributed by atoms with Crippen LogP contribution in [0.1, 0.15) is 19.2 Å². The van der Waals surface area contributed by atoms with Crippen LogP contribution in [0.15, 0.2) is 24.7 Å². The summed E-state index contributed by atoms with van der Waals surface area (Å²) in [6.45, 7) is 3.51. The summed E-state index contributed by atoms with van der Waals surface area (Å²) in [4.78, 5) is 16.2. The van der Waals surface area contributed by atoms with Gasteiger partial charge in [-0.05, 0) is 31.4 Å². The molecule has 1 aliphatic heterocycles. The molecule has 0 aliphatic carbocycles. The number of rotatable bonds is 5. The zero-order valence-electron chi connectivity index (χ0n) is 12.9. The van der Waals surface area contributed by atoms with Crippen LogP contribution in [0.25, 0.3) is 0 Å². The number of nitrogens with zero attached hydrogens (tertiary/aromatic N) is 4. The third-order valence-electron chi connectivity index (χ3n) is 4.01. The van der Waals surface area contributed by atoms with Crippen molar-refractivity contribution >= 4 is 23.3 Å². The minimum atomic E-state index is -0.296. The van der Waals surface area contributed by atoms with E-state index in [0.717, 1.165) is 31.8 Å². The number of halogens is 1. The predicted octanol–water partition coefficient (Wildman–Crippen LogP) is 1.51. The predicted molar refractivity (Wildman–Crippen MR) is 87.2 cm³/mol. The second-order valence-electron chi connectivity index (χ2n) is 5.79. The Morgan fingerprint density at radius 2 is 2.39 bits per heavy atom. The number of nitrogens with one attached hydrogen (secondary N) is 2. The maximum Gasteiger partial charge on any atom is 0.242 e. The molecular weight excluding hydrogens is 316 g/mol. The Morgan fingerprint density at radius 1 is 1.52 bits per heavy atom. The first-order chi connectivity index (χ1) is 11.1. The van der Waals surface area contributed by atoms with E-state index in [4.69, 9.17) is 11.6 Å². The van der Waals surface area contributed by atoms with Crippen molar-refractivity contribution in [3.8, 4) is 0 Å². The zero-order valence-corrected chi connectivity index (χ0v) is 13.6. The van der Waals surface area contributed by atoms with E-state index >= 15 is 0 Å². The lowest BCUT2D eigenvalue weighted by Crippen LogP contribution is -2.42. The molecule has 0 bridgehead atoms. The molecule has 23 heavy (non-hydrogen) atoms. The molecule has 8 heteroatoms. The van der Waals surface area contributed by atoms with Gasteiger partial charge in [-0.3, -0.25) is 4.79 Å². The smallest absolute Gasteiger partial charge is 0.242 e. The number of carbonyl (C=O) groups excluding carboxylic acids is 1. The summed E-state index contributed by atoms with van der Waals surface area (Å²) in [6, 6.07) is 3.08. The van der Waals surface area contributed by atoms with Crippen LogP contribution in [0.5, 0.6) is 0 Å². The number of anilines is 1. The molecule has 2 N–H and O–H groups in total. The van der Waals surface area contributed by atoms with Gasteiger partial charge in [0.2, 0.25) is 5.91 Å². The molecule has 0 spiro atoms. The molecular formula is C15H19ClN6O. The Morgan fingerprint density at radius 3 is 3.17 bits per heavy atom. The van der Waals surface area contributed by atoms with Crippen molar-refractivity contribution in [3.05, 3.63) is 35.5 Å². The maximum atomic E-state index is 12.2. The second-order valence-corrected chi connectivity index (χ2v) is 6.22. The molecule has 1 amide bonds. The number of carbonyl (C=O) groups is 1. The fraction of sp³-hybridized carbons (Fsp3) is 0.467. The molecule has 2 aromatic rings. The van der Waals surface area contributed by atoms with E-state index in [-0.39, 0.29) is 11.9 Å². The maximum absolute atomic E-state index is 12.2. The van der Waals surface area contributed by atoms with Crippen molar-refractivity contribution in [2.75, 3.05) is 11.9 Å². The van der Waals surface area contributed by atoms with Crippen molar-refractivity contribution in [2.24, 2.45) is 5.92 Å². The van der Waals surface area contributed by atoms with E-state index < -0.39 is 0 Å². The quantitative estimate of drug-likeness (QED) is 0.865. The average Bonchev–Trinajstić information content (AvgIpc) is 3.02. The Hall–Kier alpha value is -1.99. The first-order valence-corrected chi connectivity index (χ1v) is 8.02. The van der Waals surface area contributed by atoms with Gasteiger partial charge >= 0.3 is 0 Å². The lowest BCUT2D eigenvalue weighted by molar-refractivity contribution is -0.117. The van der Waals surface area contributed by atoms with Crippen LogP contribution in [0, 0.1) is 5.92 Å². The van der Waals surface area contributed by atoms with Crippen LogP contribution in [0.4, 0.5) is 5.82 Å². The molecule has 3 heterocycles. The Labute approximate surface area is 139 Å². The van der Waals surface area contributed by atoms with Crippen molar-refractivity contribution < 1.29 is 4.79 Å². The van der Waals surface area contributed by atoms with Gasteiger partial charge in [-0.2, -0.15) is 0 Å². The van der Waals surface area contributed by atoms with Crippen LogP contribution in [-0.4, -0.2) is 38.2 Å². The molecule has 1 aliphatic rings. The van der Waals surface area contributed by atoms with Gasteiger partial charge in [0.1, 0.15) is 18.0 Å². The van der Waals surface area contributed by atoms with E-state index in [1.807, 2.05) is 6.92 Å². The third kappa shape index (κ3) is 4.05. The molecule has 2 atom stereocenters. The summed E-state index contributed by atoms with van der Waals surface area (Å²) in [7, 11) is 0. The number of fused-ring (bicyclic) bond motifs is 1. The molecule has 2 aromatic heterocycles. The number of amides is 1. The van der Waals surface area contributed by atoms with Crippen LogP contribution in [0.3, 0.4) is 0 Å². The number of hydrogen-bond acceptors (Lipinski definition) is 5. The fourth-order valence-corrected chi connectivity index (χ4v) is 2.73. The minimum Gasteiger partial charge on any atom is -0.317 e. The van der Waals surface area contributed by atoms with E-state index in [1.54, 1.807) is 18.5 Å². The first kappa shape index (κ1) is 15.9. The monoisotopic (exact) mass is 334 g/mol. The number of hydrogen-bond donors (Lipinski definition) is 2. The highest BCUT2D eigenvalue weighted by atomic mass is 35.5. The van der Waals surface area contributed by atoms with Gasteiger partial charge in [0.25, 0.3) is 0 Å². The summed E-state index contributed by atoms with van der Waals surface area (Å²) in [5, 5.41) is 14.6. The van der Waals surface area contributed by atoms with Crippen molar-refractivity contribution in [1.82, 2.24) is 25.1 Å². The van der Waals surface area contributed by atoms with Crippen molar-refractivity contribution in [1.29, 1.82) is 0 Å². The molecule has 0 fully saturated rings. The molecule has 7 nitrogen and oxygen atoms in total. The summed E-state index contributed by atoms with van der Waals surface area (Å²) < 4.78 is 2.08. The van der Waals surface area contributed by atoms with Crippen LogP contribution in [-0.2, 0) is 17.8 Å². The second kappa shape index (κ2) is 7.06. The van der Waals surface area contributed by atoms with E-state index in [1.165, 1.54) is 6.20 Å². The van der Waals surface area contributed by atoms with Crippen molar-refractivity contribution in [2.45, 2.75) is 32.4 Å². The molecule has 0 radical (unpaired) electrons. The summed E-state index contributed by atoms with van der Waals surface area (Å²) in [5.74, 6) is 1.91. The summed E-state index contributed by atoms with van der Waals surface area (Å²) in [5.41, 5.74) is 0. The third-order valence-corrected chi connectivity index (χ3v) is 4.24. The number of aromatic nitrogens is 4. The summed E-state index contributed by atoms with van der Waals surface area (Å²) in [6.07, 6.45) is 5.26. The lowest BCUT2D eigenvalue weighted by Gasteiger charge is -2.24. The first-order valence-electron chi connectivity index (χ1n) is 7.64. The standard InChI is InChI=1S/C15H19ClN6O/c1-10(15(23)20-13-4-3-12(16)7-18-13)17-6-11-2-5-14-21-19-9-22(14)8-11/h3-4,7,9-11,17H,2,5-6,8H2,1H3,(H,18,20,23). The van der Waals surface area contributed by atoms with Gasteiger partial charge in [0, 0.05) is 25.7 Å². The van der Waals surface area contributed by atoms with Gasteiger partial charge in [-0.1, -0.05) is 11.6 Å². The van der Waals surface area contributed by atoms with Crippen LogP contribution >= 0.6 is 11.6 Å². The zero-order chi connectivity index (χ0) is 16.2. The summed E-state index contributed by atoms with van der Waals surface area (Å²) >= 11 is 5.78.